The number of hydrogen-bond acceptors (Lipinski definition) is 2. The van der Waals surface area contributed by atoms with Crippen molar-refractivity contribution in [2.75, 3.05) is 9.80 Å². The molecular formula is C46H36N2. The topological polar surface area (TPSA) is 6.48 Å². The first-order valence-corrected chi connectivity index (χ1v) is 16.2. The van der Waals surface area contributed by atoms with E-state index in [2.05, 4.69) is 193 Å². The fourth-order valence-electron chi connectivity index (χ4n) is 6.09. The Kier molecular flexibility index (Phi) is 8.80. The van der Waals surface area contributed by atoms with Crippen LogP contribution in [0.3, 0.4) is 0 Å². The van der Waals surface area contributed by atoms with E-state index in [1.807, 2.05) is 24.3 Å². The average molecular weight is 617 g/mol. The van der Waals surface area contributed by atoms with Gasteiger partial charge >= 0.3 is 0 Å². The molecule has 7 rings (SSSR count). The van der Waals surface area contributed by atoms with Crippen LogP contribution in [0, 0.1) is 0 Å². The van der Waals surface area contributed by atoms with Crippen LogP contribution in [0.25, 0.3) is 34.4 Å². The van der Waals surface area contributed by atoms with Crippen LogP contribution in [0.15, 0.2) is 195 Å². The summed E-state index contributed by atoms with van der Waals surface area (Å²) in [5.41, 5.74) is 13.5. The van der Waals surface area contributed by atoms with Gasteiger partial charge in [-0.25, -0.2) is 0 Å². The normalized spacial score (nSPS) is 10.7. The second kappa shape index (κ2) is 13.9. The van der Waals surface area contributed by atoms with Crippen LogP contribution in [0.2, 0.25) is 0 Å². The van der Waals surface area contributed by atoms with Gasteiger partial charge in [0.15, 0.2) is 0 Å². The van der Waals surface area contributed by atoms with Crippen molar-refractivity contribution in [1.82, 2.24) is 0 Å². The Labute approximate surface area is 283 Å². The zero-order valence-electron chi connectivity index (χ0n) is 26.8. The molecule has 0 saturated carbocycles. The molecule has 0 unspecified atom stereocenters. The Morgan fingerprint density at radius 1 is 0.292 bits per heavy atom. The number of hydrogen-bond donors (Lipinski definition) is 0. The molecule has 0 aliphatic rings. The summed E-state index contributed by atoms with van der Waals surface area (Å²) in [6.07, 6.45) is 3.77. The average Bonchev–Trinajstić information content (AvgIpc) is 3.17. The first-order chi connectivity index (χ1) is 23.7. The van der Waals surface area contributed by atoms with Crippen molar-refractivity contribution in [2.45, 2.75) is 0 Å². The van der Waals surface area contributed by atoms with Crippen LogP contribution in [0.1, 0.15) is 11.1 Å². The second-order valence-electron chi connectivity index (χ2n) is 11.6. The molecule has 0 spiro atoms. The van der Waals surface area contributed by atoms with Crippen molar-refractivity contribution < 1.29 is 0 Å². The third-order valence-corrected chi connectivity index (χ3v) is 8.56. The Hall–Kier alpha value is -6.38. The first-order valence-electron chi connectivity index (χ1n) is 16.2. The molecule has 7 aromatic carbocycles. The van der Waals surface area contributed by atoms with E-state index in [9.17, 15) is 0 Å². The highest BCUT2D eigenvalue weighted by molar-refractivity contribution is 5.81. The molecule has 0 atom stereocenters. The van der Waals surface area contributed by atoms with Gasteiger partial charge in [-0.05, 0) is 106 Å². The molecule has 0 amide bonds. The van der Waals surface area contributed by atoms with E-state index in [1.165, 1.54) is 22.3 Å². The summed E-state index contributed by atoms with van der Waals surface area (Å²) in [5.74, 6) is 0. The minimum Gasteiger partial charge on any atom is -0.310 e. The summed E-state index contributed by atoms with van der Waals surface area (Å²) in [5, 5.41) is 0. The van der Waals surface area contributed by atoms with Gasteiger partial charge in [0.2, 0.25) is 0 Å². The van der Waals surface area contributed by atoms with E-state index < -0.39 is 0 Å². The van der Waals surface area contributed by atoms with Crippen LogP contribution in [0.5, 0.6) is 0 Å². The molecule has 230 valence electrons. The van der Waals surface area contributed by atoms with Crippen LogP contribution in [-0.4, -0.2) is 0 Å². The summed E-state index contributed by atoms with van der Waals surface area (Å²) in [4.78, 5) is 4.55. The van der Waals surface area contributed by atoms with E-state index in [0.717, 1.165) is 45.3 Å². The predicted octanol–water partition coefficient (Wildman–Crippen LogP) is 13.2. The van der Waals surface area contributed by atoms with Gasteiger partial charge in [0.25, 0.3) is 0 Å². The van der Waals surface area contributed by atoms with Crippen molar-refractivity contribution in [1.29, 1.82) is 0 Å². The second-order valence-corrected chi connectivity index (χ2v) is 11.6. The molecule has 0 aliphatic carbocycles. The molecule has 0 heterocycles. The monoisotopic (exact) mass is 616 g/mol. The van der Waals surface area contributed by atoms with Crippen LogP contribution in [-0.2, 0) is 0 Å². The molecule has 2 heteroatoms. The van der Waals surface area contributed by atoms with Crippen molar-refractivity contribution >= 4 is 46.3 Å². The molecule has 7 aromatic rings. The summed E-state index contributed by atoms with van der Waals surface area (Å²) >= 11 is 0. The molecular weight excluding hydrogens is 581 g/mol. The smallest absolute Gasteiger partial charge is 0.0467 e. The van der Waals surface area contributed by atoms with Crippen molar-refractivity contribution in [2.24, 2.45) is 0 Å². The minimum atomic E-state index is 1.09. The summed E-state index contributed by atoms with van der Waals surface area (Å²) < 4.78 is 0. The van der Waals surface area contributed by atoms with E-state index >= 15 is 0 Å². The SMILES string of the molecule is C=Cc1cccc(N(c2ccccc2)c2ccc(-c3ccc(-c4ccc(N(c5ccccc5)c5cccc(C=C)c5)cc4)cc3)cc2)c1. The van der Waals surface area contributed by atoms with Crippen LogP contribution in [0.4, 0.5) is 34.1 Å². The van der Waals surface area contributed by atoms with Gasteiger partial charge < -0.3 is 9.80 Å². The lowest BCUT2D eigenvalue weighted by Gasteiger charge is -2.26. The molecule has 0 radical (unpaired) electrons. The molecule has 0 bridgehead atoms. The highest BCUT2D eigenvalue weighted by Crippen LogP contribution is 2.38. The van der Waals surface area contributed by atoms with E-state index in [1.54, 1.807) is 0 Å². The van der Waals surface area contributed by atoms with E-state index in [0.29, 0.717) is 0 Å². The largest absolute Gasteiger partial charge is 0.310 e. The predicted molar refractivity (Wildman–Crippen MR) is 207 cm³/mol. The minimum absolute atomic E-state index is 1.09. The van der Waals surface area contributed by atoms with E-state index in [-0.39, 0.29) is 0 Å². The van der Waals surface area contributed by atoms with Crippen LogP contribution >= 0.6 is 0 Å². The summed E-state index contributed by atoms with van der Waals surface area (Å²) in [6.45, 7) is 7.93. The Morgan fingerprint density at radius 3 is 0.917 bits per heavy atom. The molecule has 2 nitrogen and oxygen atoms in total. The quantitative estimate of drug-likeness (QED) is 0.151. The van der Waals surface area contributed by atoms with Crippen LogP contribution < -0.4 is 9.80 Å². The lowest BCUT2D eigenvalue weighted by molar-refractivity contribution is 1.28. The molecule has 0 N–H and O–H groups in total. The number of benzene rings is 7. The highest BCUT2D eigenvalue weighted by Gasteiger charge is 2.14. The lowest BCUT2D eigenvalue weighted by Crippen LogP contribution is -2.09. The van der Waals surface area contributed by atoms with Crippen molar-refractivity contribution in [3.8, 4) is 22.3 Å². The lowest BCUT2D eigenvalue weighted by atomic mass is 9.99. The number of anilines is 6. The third kappa shape index (κ3) is 6.46. The Balaban J connectivity index is 1.14. The molecule has 0 aromatic heterocycles. The number of rotatable bonds is 10. The molecule has 48 heavy (non-hydrogen) atoms. The molecule has 0 saturated heterocycles. The molecule has 0 fully saturated rings. The zero-order valence-corrected chi connectivity index (χ0v) is 26.8. The number of nitrogens with zero attached hydrogens (tertiary/aromatic N) is 2. The fraction of sp³-hybridized carbons (Fsp3) is 0. The van der Waals surface area contributed by atoms with Gasteiger partial charge in [-0.1, -0.05) is 135 Å². The molecule has 0 aliphatic heterocycles. The standard InChI is InChI=1S/C46H36N2/c1-3-35-13-11-19-45(33-35)47(41-15-7-5-8-16-41)43-29-25-39(26-30-43)37-21-23-38(24-22-37)40-27-31-44(32-28-40)48(42-17-9-6-10-18-42)46-20-12-14-36(4-2)34-46/h3-34H,1-2H2. The van der Waals surface area contributed by atoms with Gasteiger partial charge in [-0.3, -0.25) is 0 Å². The first kappa shape index (κ1) is 30.3. The maximum absolute atomic E-state index is 3.96. The van der Waals surface area contributed by atoms with Crippen molar-refractivity contribution in [3.63, 3.8) is 0 Å². The Morgan fingerprint density at radius 2 is 0.583 bits per heavy atom. The highest BCUT2D eigenvalue weighted by atomic mass is 15.1. The van der Waals surface area contributed by atoms with Gasteiger partial charge in [-0.2, -0.15) is 0 Å². The van der Waals surface area contributed by atoms with Gasteiger partial charge in [0.05, 0.1) is 0 Å². The van der Waals surface area contributed by atoms with Gasteiger partial charge in [0, 0.05) is 34.1 Å². The Bertz CT molecular complexity index is 1970. The summed E-state index contributed by atoms with van der Waals surface area (Å²) in [6, 6.07) is 64.2. The fourth-order valence-corrected chi connectivity index (χ4v) is 6.09. The number of para-hydroxylation sites is 2. The summed E-state index contributed by atoms with van der Waals surface area (Å²) in [7, 11) is 0. The van der Waals surface area contributed by atoms with Crippen molar-refractivity contribution in [3.05, 3.63) is 206 Å². The maximum atomic E-state index is 3.96. The third-order valence-electron chi connectivity index (χ3n) is 8.56. The maximum Gasteiger partial charge on any atom is 0.0467 e. The zero-order chi connectivity index (χ0) is 32.7. The van der Waals surface area contributed by atoms with Gasteiger partial charge in [-0.15, -0.1) is 0 Å². The van der Waals surface area contributed by atoms with Gasteiger partial charge in [0.1, 0.15) is 0 Å². The van der Waals surface area contributed by atoms with E-state index in [4.69, 9.17) is 0 Å².